The molecule has 0 spiro atoms. The number of nitrogens with zero attached hydrogens (tertiary/aromatic N) is 1. The van der Waals surface area contributed by atoms with Crippen molar-refractivity contribution in [3.63, 3.8) is 0 Å². The van der Waals surface area contributed by atoms with Gasteiger partial charge in [0.15, 0.2) is 6.10 Å². The summed E-state index contributed by atoms with van der Waals surface area (Å²) in [5.74, 6) is -1.24. The summed E-state index contributed by atoms with van der Waals surface area (Å²) in [5.41, 5.74) is 3.49. The van der Waals surface area contributed by atoms with Gasteiger partial charge in [0, 0.05) is 32.4 Å². The summed E-state index contributed by atoms with van der Waals surface area (Å²) in [4.78, 5) is 38.3. The summed E-state index contributed by atoms with van der Waals surface area (Å²) < 4.78 is 5.29. The van der Waals surface area contributed by atoms with Gasteiger partial charge in [0.1, 0.15) is 0 Å². The van der Waals surface area contributed by atoms with E-state index < -0.39 is 24.0 Å². The van der Waals surface area contributed by atoms with Crippen LogP contribution in [0.1, 0.15) is 37.4 Å². The highest BCUT2D eigenvalue weighted by Crippen LogP contribution is 2.19. The first-order valence-corrected chi connectivity index (χ1v) is 9.77. The number of carbonyl (C=O) groups is 3. The fourth-order valence-corrected chi connectivity index (χ4v) is 2.85. The summed E-state index contributed by atoms with van der Waals surface area (Å²) in [6, 6.07) is 14.3. The quantitative estimate of drug-likeness (QED) is 0.652. The van der Waals surface area contributed by atoms with Crippen molar-refractivity contribution in [2.45, 2.75) is 39.3 Å². The smallest absolute Gasteiger partial charge is 0.309 e. The summed E-state index contributed by atoms with van der Waals surface area (Å²) >= 11 is 0. The number of rotatable bonds is 8. The van der Waals surface area contributed by atoms with E-state index in [1.54, 1.807) is 12.1 Å². The minimum atomic E-state index is -0.970. The fourth-order valence-electron chi connectivity index (χ4n) is 2.85. The predicted octanol–water partition coefficient (Wildman–Crippen LogP) is 3.20. The molecule has 2 N–H and O–H groups in total. The zero-order valence-electron chi connectivity index (χ0n) is 18.1. The molecule has 30 heavy (non-hydrogen) atoms. The Morgan fingerprint density at radius 2 is 1.60 bits per heavy atom. The maximum atomic E-state index is 12.4. The molecule has 2 rings (SSSR count). The van der Waals surface area contributed by atoms with E-state index in [4.69, 9.17) is 4.74 Å². The number of amides is 2. The minimum absolute atomic E-state index is 0.0716. The molecule has 2 aromatic rings. The van der Waals surface area contributed by atoms with Gasteiger partial charge in [0.05, 0.1) is 12.5 Å². The lowest BCUT2D eigenvalue weighted by Gasteiger charge is -2.20. The Morgan fingerprint density at radius 1 is 1.00 bits per heavy atom. The van der Waals surface area contributed by atoms with Crippen molar-refractivity contribution in [1.82, 2.24) is 5.32 Å². The Labute approximate surface area is 177 Å². The van der Waals surface area contributed by atoms with Gasteiger partial charge >= 0.3 is 5.97 Å². The first kappa shape index (κ1) is 22.9. The Hall–Kier alpha value is -3.35. The molecule has 0 aliphatic heterocycles. The second kappa shape index (κ2) is 10.4. The Bertz CT molecular complexity index is 876. The average Bonchev–Trinajstić information content (AvgIpc) is 2.68. The van der Waals surface area contributed by atoms with Crippen molar-refractivity contribution in [3.05, 3.63) is 59.7 Å². The van der Waals surface area contributed by atoms with Crippen LogP contribution in [0.15, 0.2) is 48.5 Å². The topological polar surface area (TPSA) is 87.7 Å². The van der Waals surface area contributed by atoms with Crippen LogP contribution < -0.4 is 15.5 Å². The standard InChI is InChI=1S/C23H29N3O4/c1-15-6-8-18(9-7-15)21(24-17(3)27)14-22(28)30-16(2)23(29)25-19-10-12-20(13-11-19)26(4)5/h6-13,16,21H,14H2,1-5H3,(H,24,27)(H,25,29). The summed E-state index contributed by atoms with van der Waals surface area (Å²) in [6.07, 6.45) is -1.04. The van der Waals surface area contributed by atoms with E-state index in [2.05, 4.69) is 10.6 Å². The van der Waals surface area contributed by atoms with Gasteiger partial charge < -0.3 is 20.3 Å². The van der Waals surface area contributed by atoms with Crippen LogP contribution in [0.2, 0.25) is 0 Å². The maximum Gasteiger partial charge on any atom is 0.309 e. The zero-order chi connectivity index (χ0) is 22.3. The summed E-state index contributed by atoms with van der Waals surface area (Å²) in [6.45, 7) is 4.87. The van der Waals surface area contributed by atoms with Crippen LogP contribution >= 0.6 is 0 Å². The molecule has 0 aliphatic rings. The molecule has 160 valence electrons. The van der Waals surface area contributed by atoms with E-state index in [0.29, 0.717) is 5.69 Å². The van der Waals surface area contributed by atoms with Crippen LogP contribution in [0.5, 0.6) is 0 Å². The largest absolute Gasteiger partial charge is 0.452 e. The van der Waals surface area contributed by atoms with Gasteiger partial charge in [-0.1, -0.05) is 29.8 Å². The van der Waals surface area contributed by atoms with Gasteiger partial charge in [-0.05, 0) is 43.7 Å². The van der Waals surface area contributed by atoms with Crippen LogP contribution in [0, 0.1) is 6.92 Å². The van der Waals surface area contributed by atoms with Crippen molar-refractivity contribution < 1.29 is 19.1 Å². The molecule has 0 aromatic heterocycles. The summed E-state index contributed by atoms with van der Waals surface area (Å²) in [7, 11) is 3.86. The Morgan fingerprint density at radius 3 is 2.13 bits per heavy atom. The van der Waals surface area contributed by atoms with Crippen LogP contribution in [0.3, 0.4) is 0 Å². The highest BCUT2D eigenvalue weighted by Gasteiger charge is 2.22. The number of hydrogen-bond donors (Lipinski definition) is 2. The molecule has 0 fully saturated rings. The van der Waals surface area contributed by atoms with E-state index in [-0.39, 0.29) is 12.3 Å². The van der Waals surface area contributed by atoms with Crippen molar-refractivity contribution in [3.8, 4) is 0 Å². The van der Waals surface area contributed by atoms with Gasteiger partial charge in [-0.3, -0.25) is 14.4 Å². The van der Waals surface area contributed by atoms with E-state index >= 15 is 0 Å². The monoisotopic (exact) mass is 411 g/mol. The third-order valence-electron chi connectivity index (χ3n) is 4.56. The zero-order valence-corrected chi connectivity index (χ0v) is 18.1. The molecule has 2 aromatic carbocycles. The lowest BCUT2D eigenvalue weighted by Crippen LogP contribution is -2.33. The molecule has 0 bridgehead atoms. The predicted molar refractivity (Wildman–Crippen MR) is 117 cm³/mol. The molecule has 0 saturated heterocycles. The van der Waals surface area contributed by atoms with Crippen LogP contribution in [-0.4, -0.2) is 38.0 Å². The van der Waals surface area contributed by atoms with Gasteiger partial charge in [-0.15, -0.1) is 0 Å². The lowest BCUT2D eigenvalue weighted by molar-refractivity contribution is -0.153. The molecule has 2 unspecified atom stereocenters. The van der Waals surface area contributed by atoms with E-state index in [0.717, 1.165) is 16.8 Å². The Kier molecular flexibility index (Phi) is 7.98. The second-order valence-electron chi connectivity index (χ2n) is 7.43. The van der Waals surface area contributed by atoms with E-state index in [9.17, 15) is 14.4 Å². The van der Waals surface area contributed by atoms with Crippen LogP contribution in [-0.2, 0) is 19.1 Å². The molecular formula is C23H29N3O4. The van der Waals surface area contributed by atoms with Gasteiger partial charge in [0.2, 0.25) is 5.91 Å². The summed E-state index contributed by atoms with van der Waals surface area (Å²) in [5, 5.41) is 5.49. The average molecular weight is 412 g/mol. The van der Waals surface area contributed by atoms with Crippen molar-refractivity contribution in [2.75, 3.05) is 24.3 Å². The van der Waals surface area contributed by atoms with Crippen molar-refractivity contribution in [2.24, 2.45) is 0 Å². The normalized spacial score (nSPS) is 12.4. The van der Waals surface area contributed by atoms with Crippen molar-refractivity contribution >= 4 is 29.2 Å². The van der Waals surface area contributed by atoms with Gasteiger partial charge in [-0.25, -0.2) is 0 Å². The molecule has 0 heterocycles. The van der Waals surface area contributed by atoms with Crippen molar-refractivity contribution in [1.29, 1.82) is 0 Å². The second-order valence-corrected chi connectivity index (χ2v) is 7.43. The number of benzene rings is 2. The van der Waals surface area contributed by atoms with E-state index in [1.165, 1.54) is 13.8 Å². The number of anilines is 2. The molecule has 0 aliphatic carbocycles. The van der Waals surface area contributed by atoms with E-state index in [1.807, 2.05) is 62.3 Å². The van der Waals surface area contributed by atoms with Crippen LogP contribution in [0.25, 0.3) is 0 Å². The number of ether oxygens (including phenoxy) is 1. The Balaban J connectivity index is 1.95. The molecule has 0 saturated carbocycles. The van der Waals surface area contributed by atoms with Crippen LogP contribution in [0.4, 0.5) is 11.4 Å². The number of nitrogens with one attached hydrogen (secondary N) is 2. The highest BCUT2D eigenvalue weighted by atomic mass is 16.5. The fraction of sp³-hybridized carbons (Fsp3) is 0.348. The third-order valence-corrected chi connectivity index (χ3v) is 4.56. The molecular weight excluding hydrogens is 382 g/mol. The molecule has 7 heteroatoms. The van der Waals surface area contributed by atoms with Gasteiger partial charge in [0.25, 0.3) is 5.91 Å². The number of hydrogen-bond acceptors (Lipinski definition) is 5. The number of carbonyl (C=O) groups excluding carboxylic acids is 3. The number of esters is 1. The lowest BCUT2D eigenvalue weighted by atomic mass is 10.0. The first-order chi connectivity index (χ1) is 14.2. The highest BCUT2D eigenvalue weighted by molar-refractivity contribution is 5.95. The number of aryl methyl sites for hydroxylation is 1. The SMILES string of the molecule is CC(=O)NC(CC(=O)OC(C)C(=O)Nc1ccc(N(C)C)cc1)c1ccc(C)cc1. The molecule has 2 amide bonds. The first-order valence-electron chi connectivity index (χ1n) is 9.77. The van der Waals surface area contributed by atoms with Gasteiger partial charge in [-0.2, -0.15) is 0 Å². The minimum Gasteiger partial charge on any atom is -0.452 e. The molecule has 7 nitrogen and oxygen atoms in total. The third kappa shape index (κ3) is 6.92. The molecule has 0 radical (unpaired) electrons. The molecule has 2 atom stereocenters. The maximum absolute atomic E-state index is 12.4.